The van der Waals surface area contributed by atoms with E-state index in [0.29, 0.717) is 30.9 Å². The van der Waals surface area contributed by atoms with Crippen LogP contribution in [0, 0.1) is 5.92 Å². The van der Waals surface area contributed by atoms with Gasteiger partial charge in [-0.05, 0) is 31.2 Å². The summed E-state index contributed by atoms with van der Waals surface area (Å²) < 4.78 is 38.5. The van der Waals surface area contributed by atoms with Gasteiger partial charge in [0.15, 0.2) is 0 Å². The van der Waals surface area contributed by atoms with Gasteiger partial charge in [0.2, 0.25) is 0 Å². The summed E-state index contributed by atoms with van der Waals surface area (Å²) in [5.74, 6) is 0.612. The molecule has 0 aromatic carbocycles. The number of aromatic nitrogens is 1. The highest BCUT2D eigenvalue weighted by Gasteiger charge is 2.34. The summed E-state index contributed by atoms with van der Waals surface area (Å²) in [5, 5.41) is 9.02. The Labute approximate surface area is 121 Å². The quantitative estimate of drug-likeness (QED) is 0.895. The molecule has 2 rings (SSSR count). The number of aliphatic hydroxyl groups is 1. The SMILES string of the molecule is NCc1ccc(C(F)(F)F)nc1N1CCCC(CCO)C1. The van der Waals surface area contributed by atoms with Gasteiger partial charge in [-0.1, -0.05) is 6.07 Å². The fourth-order valence-electron chi connectivity index (χ4n) is 2.74. The van der Waals surface area contributed by atoms with Gasteiger partial charge in [-0.15, -0.1) is 0 Å². The molecule has 0 saturated carbocycles. The Kier molecular flexibility index (Phi) is 5.05. The second kappa shape index (κ2) is 6.62. The van der Waals surface area contributed by atoms with Crippen molar-refractivity contribution in [2.75, 3.05) is 24.6 Å². The Morgan fingerprint density at radius 3 is 2.76 bits per heavy atom. The smallest absolute Gasteiger partial charge is 0.396 e. The van der Waals surface area contributed by atoms with Crippen LogP contribution in [0.2, 0.25) is 0 Å². The normalized spacial score (nSPS) is 19.9. The van der Waals surface area contributed by atoms with Crippen molar-refractivity contribution in [1.29, 1.82) is 0 Å². The van der Waals surface area contributed by atoms with Gasteiger partial charge in [-0.2, -0.15) is 13.2 Å². The number of hydrogen-bond acceptors (Lipinski definition) is 4. The predicted octanol–water partition coefficient (Wildman–Crippen LogP) is 2.16. The Hall–Kier alpha value is -1.34. The van der Waals surface area contributed by atoms with E-state index in [0.717, 1.165) is 18.9 Å². The lowest BCUT2D eigenvalue weighted by Crippen LogP contribution is -2.37. The van der Waals surface area contributed by atoms with Gasteiger partial charge in [-0.3, -0.25) is 0 Å². The molecule has 1 aromatic heterocycles. The molecule has 0 spiro atoms. The molecular weight excluding hydrogens is 283 g/mol. The van der Waals surface area contributed by atoms with Gasteiger partial charge in [0.25, 0.3) is 0 Å². The topological polar surface area (TPSA) is 62.4 Å². The standard InChI is InChI=1S/C14H20F3N3O/c15-14(16,17)12-4-3-11(8-18)13(19-12)20-6-1-2-10(9-20)5-7-21/h3-4,10,21H,1-2,5-9,18H2. The minimum atomic E-state index is -4.46. The summed E-state index contributed by atoms with van der Waals surface area (Å²) in [6, 6.07) is 2.38. The molecule has 0 aliphatic carbocycles. The minimum Gasteiger partial charge on any atom is -0.396 e. The number of halogens is 3. The van der Waals surface area contributed by atoms with Crippen molar-refractivity contribution in [2.45, 2.75) is 32.0 Å². The zero-order valence-electron chi connectivity index (χ0n) is 11.7. The van der Waals surface area contributed by atoms with Crippen molar-refractivity contribution in [1.82, 2.24) is 4.98 Å². The first kappa shape index (κ1) is 16.0. The Balaban J connectivity index is 2.28. The third-order valence-electron chi connectivity index (χ3n) is 3.82. The summed E-state index contributed by atoms with van der Waals surface area (Å²) in [4.78, 5) is 5.65. The van der Waals surface area contributed by atoms with E-state index in [1.165, 1.54) is 6.07 Å². The molecule has 4 nitrogen and oxygen atoms in total. The maximum absolute atomic E-state index is 12.8. The van der Waals surface area contributed by atoms with Gasteiger partial charge in [0, 0.05) is 31.8 Å². The van der Waals surface area contributed by atoms with Crippen LogP contribution in [0.3, 0.4) is 0 Å². The highest BCUT2D eigenvalue weighted by molar-refractivity contribution is 5.48. The summed E-state index contributed by atoms with van der Waals surface area (Å²) in [5.41, 5.74) is 5.35. The maximum atomic E-state index is 12.8. The molecule has 0 bridgehead atoms. The monoisotopic (exact) mass is 303 g/mol. The van der Waals surface area contributed by atoms with E-state index in [-0.39, 0.29) is 19.1 Å². The first-order valence-corrected chi connectivity index (χ1v) is 7.08. The van der Waals surface area contributed by atoms with E-state index in [9.17, 15) is 13.2 Å². The third kappa shape index (κ3) is 3.85. The van der Waals surface area contributed by atoms with E-state index < -0.39 is 11.9 Å². The zero-order valence-corrected chi connectivity index (χ0v) is 11.7. The summed E-state index contributed by atoms with van der Waals surface area (Å²) in [6.45, 7) is 1.53. The van der Waals surface area contributed by atoms with Gasteiger partial charge in [-0.25, -0.2) is 4.98 Å². The number of pyridine rings is 1. The summed E-state index contributed by atoms with van der Waals surface area (Å²) in [6.07, 6.45) is -1.93. The second-order valence-electron chi connectivity index (χ2n) is 5.35. The van der Waals surface area contributed by atoms with Crippen LogP contribution in [0.1, 0.15) is 30.5 Å². The molecule has 1 fully saturated rings. The zero-order chi connectivity index (χ0) is 15.5. The number of nitrogens with two attached hydrogens (primary N) is 1. The van der Waals surface area contributed by atoms with Crippen molar-refractivity contribution in [2.24, 2.45) is 11.7 Å². The van der Waals surface area contributed by atoms with Crippen LogP contribution in [0.4, 0.5) is 19.0 Å². The molecule has 1 aliphatic heterocycles. The molecule has 0 radical (unpaired) electrons. The van der Waals surface area contributed by atoms with Crippen LogP contribution < -0.4 is 10.6 Å². The van der Waals surface area contributed by atoms with Gasteiger partial charge in [0.1, 0.15) is 11.5 Å². The molecule has 1 aromatic rings. The van der Waals surface area contributed by atoms with Crippen molar-refractivity contribution >= 4 is 5.82 Å². The molecule has 118 valence electrons. The lowest BCUT2D eigenvalue weighted by molar-refractivity contribution is -0.141. The molecule has 0 amide bonds. The summed E-state index contributed by atoms with van der Waals surface area (Å²) >= 11 is 0. The lowest BCUT2D eigenvalue weighted by Gasteiger charge is -2.34. The Morgan fingerprint density at radius 1 is 1.38 bits per heavy atom. The number of hydrogen-bond donors (Lipinski definition) is 2. The first-order valence-electron chi connectivity index (χ1n) is 7.08. The lowest BCUT2D eigenvalue weighted by atomic mass is 9.95. The highest BCUT2D eigenvalue weighted by Crippen LogP contribution is 2.32. The van der Waals surface area contributed by atoms with Crippen LogP contribution in [0.25, 0.3) is 0 Å². The van der Waals surface area contributed by atoms with Crippen molar-refractivity contribution in [3.05, 3.63) is 23.4 Å². The van der Waals surface area contributed by atoms with Crippen LogP contribution in [-0.2, 0) is 12.7 Å². The number of nitrogens with zero attached hydrogens (tertiary/aromatic N) is 2. The molecule has 1 saturated heterocycles. The summed E-state index contributed by atoms with van der Waals surface area (Å²) in [7, 11) is 0. The van der Waals surface area contributed by atoms with E-state index >= 15 is 0 Å². The molecule has 7 heteroatoms. The average Bonchev–Trinajstić information content (AvgIpc) is 2.46. The third-order valence-corrected chi connectivity index (χ3v) is 3.82. The van der Waals surface area contributed by atoms with Crippen molar-refractivity contribution in [3.63, 3.8) is 0 Å². The predicted molar refractivity (Wildman–Crippen MR) is 73.8 cm³/mol. The number of alkyl halides is 3. The van der Waals surface area contributed by atoms with E-state index in [2.05, 4.69) is 4.98 Å². The second-order valence-corrected chi connectivity index (χ2v) is 5.35. The van der Waals surface area contributed by atoms with Crippen LogP contribution in [-0.4, -0.2) is 29.8 Å². The van der Waals surface area contributed by atoms with Crippen molar-refractivity contribution < 1.29 is 18.3 Å². The van der Waals surface area contributed by atoms with Gasteiger partial charge in [0.05, 0.1) is 0 Å². The molecule has 21 heavy (non-hydrogen) atoms. The maximum Gasteiger partial charge on any atom is 0.433 e. The van der Waals surface area contributed by atoms with Gasteiger partial charge >= 0.3 is 6.18 Å². The Bertz CT molecular complexity index is 477. The van der Waals surface area contributed by atoms with Crippen LogP contribution in [0.5, 0.6) is 0 Å². The average molecular weight is 303 g/mol. The number of aliphatic hydroxyl groups excluding tert-OH is 1. The molecule has 1 aliphatic rings. The number of rotatable bonds is 4. The van der Waals surface area contributed by atoms with E-state index in [1.807, 2.05) is 4.90 Å². The van der Waals surface area contributed by atoms with E-state index in [4.69, 9.17) is 10.8 Å². The number of anilines is 1. The molecule has 2 heterocycles. The van der Waals surface area contributed by atoms with E-state index in [1.54, 1.807) is 0 Å². The van der Waals surface area contributed by atoms with Crippen LogP contribution in [0.15, 0.2) is 12.1 Å². The molecule has 1 unspecified atom stereocenters. The highest BCUT2D eigenvalue weighted by atomic mass is 19.4. The molecule has 3 N–H and O–H groups in total. The number of piperidine rings is 1. The van der Waals surface area contributed by atoms with Gasteiger partial charge < -0.3 is 15.7 Å². The fourth-order valence-corrected chi connectivity index (χ4v) is 2.74. The first-order chi connectivity index (χ1) is 9.95. The minimum absolute atomic E-state index is 0.0955. The fraction of sp³-hybridized carbons (Fsp3) is 0.643. The molecular formula is C14H20F3N3O. The van der Waals surface area contributed by atoms with Crippen molar-refractivity contribution in [3.8, 4) is 0 Å². The largest absolute Gasteiger partial charge is 0.433 e. The Morgan fingerprint density at radius 2 is 2.14 bits per heavy atom. The van der Waals surface area contributed by atoms with Crippen LogP contribution >= 0.6 is 0 Å². The molecule has 1 atom stereocenters.